The minimum absolute atomic E-state index is 0.390. The molecule has 0 aliphatic rings. The van der Waals surface area contributed by atoms with Gasteiger partial charge in [-0.1, -0.05) is 46.6 Å². The summed E-state index contributed by atoms with van der Waals surface area (Å²) in [6.07, 6.45) is 2.10. The van der Waals surface area contributed by atoms with E-state index in [1.807, 2.05) is 54.6 Å². The molecule has 2 heterocycles. The van der Waals surface area contributed by atoms with Crippen molar-refractivity contribution in [3.63, 3.8) is 0 Å². The predicted octanol–water partition coefficient (Wildman–Crippen LogP) is 5.74. The molecule has 0 atom stereocenters. The van der Waals surface area contributed by atoms with E-state index < -0.39 is 0 Å². The Bertz CT molecular complexity index is 1060. The number of benzene rings is 2. The van der Waals surface area contributed by atoms with Crippen LogP contribution in [-0.2, 0) is 0 Å². The number of aromatic amines is 1. The van der Waals surface area contributed by atoms with Crippen LogP contribution in [0.4, 0.5) is 0 Å². The molecule has 0 amide bonds. The van der Waals surface area contributed by atoms with Gasteiger partial charge in [0.2, 0.25) is 5.82 Å². The van der Waals surface area contributed by atoms with Crippen LogP contribution in [0.3, 0.4) is 0 Å². The molecule has 7 heteroatoms. The normalized spacial score (nSPS) is 10.9. The molecule has 0 unspecified atom stereocenters. The molecule has 0 spiro atoms. The second kappa shape index (κ2) is 8.39. The van der Waals surface area contributed by atoms with Crippen LogP contribution in [0.15, 0.2) is 63.6 Å². The van der Waals surface area contributed by atoms with Gasteiger partial charge in [0.15, 0.2) is 0 Å². The highest BCUT2D eigenvalue weighted by Crippen LogP contribution is 2.31. The molecule has 2 aromatic heterocycles. The lowest BCUT2D eigenvalue weighted by atomic mass is 10.1. The number of halogens is 1. The fraction of sp³-hybridized carbons (Fsp3) is 0.190. The van der Waals surface area contributed by atoms with Gasteiger partial charge in [0.05, 0.1) is 12.3 Å². The average molecular weight is 439 g/mol. The first-order chi connectivity index (χ1) is 13.7. The van der Waals surface area contributed by atoms with Crippen LogP contribution in [0.2, 0.25) is 0 Å². The number of rotatable bonds is 7. The van der Waals surface area contributed by atoms with Crippen molar-refractivity contribution in [2.24, 2.45) is 0 Å². The van der Waals surface area contributed by atoms with Crippen LogP contribution < -0.4 is 4.74 Å². The Morgan fingerprint density at radius 3 is 2.75 bits per heavy atom. The second-order valence-electron chi connectivity index (χ2n) is 6.30. The minimum atomic E-state index is 0.390. The lowest BCUT2D eigenvalue weighted by Gasteiger charge is -2.09. The lowest BCUT2D eigenvalue weighted by Crippen LogP contribution is -1.98. The molecule has 0 radical (unpaired) electrons. The van der Waals surface area contributed by atoms with Gasteiger partial charge in [0.25, 0.3) is 5.89 Å². The third kappa shape index (κ3) is 3.99. The van der Waals surface area contributed by atoms with E-state index in [4.69, 9.17) is 9.26 Å². The molecule has 1 N–H and O–H groups in total. The van der Waals surface area contributed by atoms with Gasteiger partial charge in [0.1, 0.15) is 11.4 Å². The van der Waals surface area contributed by atoms with E-state index in [-0.39, 0.29) is 0 Å². The van der Waals surface area contributed by atoms with Crippen molar-refractivity contribution < 1.29 is 9.26 Å². The summed E-state index contributed by atoms with van der Waals surface area (Å²) in [5.74, 6) is 1.73. The van der Waals surface area contributed by atoms with E-state index in [1.54, 1.807) is 0 Å². The van der Waals surface area contributed by atoms with Crippen LogP contribution in [0.25, 0.3) is 34.2 Å². The zero-order valence-corrected chi connectivity index (χ0v) is 16.9. The summed E-state index contributed by atoms with van der Waals surface area (Å²) in [6.45, 7) is 2.83. The van der Waals surface area contributed by atoms with Gasteiger partial charge in [-0.05, 0) is 48.9 Å². The SMILES string of the molecule is CCCCOc1ccccc1-c1cc(-c2nc(-c3ccc(Br)cc3)no2)[nH]n1. The maximum Gasteiger partial charge on any atom is 0.276 e. The zero-order valence-electron chi connectivity index (χ0n) is 15.4. The zero-order chi connectivity index (χ0) is 19.3. The highest BCUT2D eigenvalue weighted by molar-refractivity contribution is 9.10. The van der Waals surface area contributed by atoms with Crippen LogP contribution in [0, 0.1) is 0 Å². The molecule has 28 heavy (non-hydrogen) atoms. The monoisotopic (exact) mass is 438 g/mol. The van der Waals surface area contributed by atoms with Gasteiger partial charge in [-0.25, -0.2) is 0 Å². The Kier molecular flexibility index (Phi) is 5.53. The van der Waals surface area contributed by atoms with E-state index in [1.165, 1.54) is 0 Å². The van der Waals surface area contributed by atoms with Crippen molar-refractivity contribution in [2.45, 2.75) is 19.8 Å². The molecular formula is C21H19BrN4O2. The highest BCUT2D eigenvalue weighted by Gasteiger charge is 2.15. The average Bonchev–Trinajstić information content (AvgIpc) is 3.39. The van der Waals surface area contributed by atoms with Crippen molar-refractivity contribution in [3.8, 4) is 40.0 Å². The van der Waals surface area contributed by atoms with Crippen molar-refractivity contribution in [3.05, 3.63) is 59.1 Å². The number of aromatic nitrogens is 4. The standard InChI is InChI=1S/C21H19BrN4O2/c1-2-3-12-27-19-7-5-4-6-16(19)17-13-18(25-24-17)21-23-20(26-28-21)14-8-10-15(22)11-9-14/h4-11,13H,2-3,12H2,1H3,(H,24,25). The maximum absolute atomic E-state index is 5.91. The number of hydrogen-bond donors (Lipinski definition) is 1. The molecule has 6 nitrogen and oxygen atoms in total. The highest BCUT2D eigenvalue weighted by atomic mass is 79.9. The molecule has 142 valence electrons. The number of ether oxygens (including phenoxy) is 1. The topological polar surface area (TPSA) is 76.8 Å². The molecule has 0 saturated heterocycles. The molecule has 0 saturated carbocycles. The molecule has 0 aliphatic carbocycles. The number of hydrogen-bond acceptors (Lipinski definition) is 5. The fourth-order valence-electron chi connectivity index (χ4n) is 2.75. The molecule has 4 aromatic rings. The van der Waals surface area contributed by atoms with Gasteiger partial charge >= 0.3 is 0 Å². The van der Waals surface area contributed by atoms with E-state index in [9.17, 15) is 0 Å². The summed E-state index contributed by atoms with van der Waals surface area (Å²) in [5.41, 5.74) is 3.24. The summed E-state index contributed by atoms with van der Waals surface area (Å²) < 4.78 is 12.3. The van der Waals surface area contributed by atoms with Gasteiger partial charge in [-0.15, -0.1) is 0 Å². The number of H-pyrrole nitrogens is 1. The van der Waals surface area contributed by atoms with Gasteiger partial charge < -0.3 is 9.26 Å². The Morgan fingerprint density at radius 1 is 1.11 bits per heavy atom. The Hall–Kier alpha value is -2.93. The minimum Gasteiger partial charge on any atom is -0.493 e. The summed E-state index contributed by atoms with van der Waals surface area (Å²) in [4.78, 5) is 4.47. The molecule has 4 rings (SSSR count). The van der Waals surface area contributed by atoms with Gasteiger partial charge in [-0.2, -0.15) is 10.1 Å². The first-order valence-electron chi connectivity index (χ1n) is 9.12. The van der Waals surface area contributed by atoms with Crippen LogP contribution >= 0.6 is 15.9 Å². The summed E-state index contributed by atoms with van der Waals surface area (Å²) >= 11 is 3.42. The van der Waals surface area contributed by atoms with Crippen LogP contribution in [-0.4, -0.2) is 26.9 Å². The molecule has 0 aliphatic heterocycles. The quantitative estimate of drug-likeness (QED) is 0.372. The van der Waals surface area contributed by atoms with Crippen LogP contribution in [0.5, 0.6) is 5.75 Å². The second-order valence-corrected chi connectivity index (χ2v) is 7.21. The van der Waals surface area contributed by atoms with E-state index in [0.29, 0.717) is 24.0 Å². The van der Waals surface area contributed by atoms with E-state index in [2.05, 4.69) is 43.2 Å². The lowest BCUT2D eigenvalue weighted by molar-refractivity contribution is 0.310. The first-order valence-corrected chi connectivity index (χ1v) is 9.91. The summed E-state index contributed by atoms with van der Waals surface area (Å²) in [5, 5.41) is 11.5. The number of para-hydroxylation sites is 1. The predicted molar refractivity (Wildman–Crippen MR) is 111 cm³/mol. The molecule has 2 aromatic carbocycles. The Labute approximate surface area is 171 Å². The molecule has 0 fully saturated rings. The summed E-state index contributed by atoms with van der Waals surface area (Å²) in [6, 6.07) is 17.5. The van der Waals surface area contributed by atoms with Crippen molar-refractivity contribution in [2.75, 3.05) is 6.61 Å². The van der Waals surface area contributed by atoms with E-state index in [0.717, 1.165) is 39.9 Å². The number of nitrogens with zero attached hydrogens (tertiary/aromatic N) is 3. The summed E-state index contributed by atoms with van der Waals surface area (Å²) in [7, 11) is 0. The van der Waals surface area contributed by atoms with Crippen molar-refractivity contribution in [1.82, 2.24) is 20.3 Å². The Balaban J connectivity index is 1.58. The Morgan fingerprint density at radius 2 is 1.93 bits per heavy atom. The number of nitrogens with one attached hydrogen (secondary N) is 1. The van der Waals surface area contributed by atoms with E-state index >= 15 is 0 Å². The third-order valence-corrected chi connectivity index (χ3v) is 4.78. The third-order valence-electron chi connectivity index (χ3n) is 4.26. The van der Waals surface area contributed by atoms with Crippen molar-refractivity contribution in [1.29, 1.82) is 0 Å². The molecular weight excluding hydrogens is 420 g/mol. The fourth-order valence-corrected chi connectivity index (χ4v) is 3.01. The van der Waals surface area contributed by atoms with Crippen molar-refractivity contribution >= 4 is 15.9 Å². The van der Waals surface area contributed by atoms with Gasteiger partial charge in [-0.3, -0.25) is 5.10 Å². The van der Waals surface area contributed by atoms with Crippen LogP contribution in [0.1, 0.15) is 19.8 Å². The molecule has 0 bridgehead atoms. The van der Waals surface area contributed by atoms with Gasteiger partial charge in [0, 0.05) is 15.6 Å². The first kappa shape index (κ1) is 18.4. The smallest absolute Gasteiger partial charge is 0.276 e. The maximum atomic E-state index is 5.91. The number of unbranched alkanes of at least 4 members (excludes halogenated alkanes) is 1. The largest absolute Gasteiger partial charge is 0.493 e.